The second-order valence-corrected chi connectivity index (χ2v) is 4.84. The summed E-state index contributed by atoms with van der Waals surface area (Å²) < 4.78 is 0. The quantitative estimate of drug-likeness (QED) is 0.556. The molecule has 0 aliphatic rings. The normalized spacial score (nSPS) is 11.6. The topological polar surface area (TPSA) is 124 Å². The van der Waals surface area contributed by atoms with E-state index in [9.17, 15) is 19.5 Å². The fourth-order valence-electron chi connectivity index (χ4n) is 1.31. The van der Waals surface area contributed by atoms with Crippen LogP contribution in [0.3, 0.4) is 0 Å². The summed E-state index contributed by atoms with van der Waals surface area (Å²) in [5, 5.41) is 28.7. The first-order valence-electron chi connectivity index (χ1n) is 5.53. The number of thioether (sulfide) groups is 1. The molecule has 8 heteroatoms. The molecule has 1 aromatic carbocycles. The summed E-state index contributed by atoms with van der Waals surface area (Å²) in [5.74, 6) is -3.98. The number of hydrogen-bond acceptors (Lipinski definition) is 5. The van der Waals surface area contributed by atoms with E-state index in [4.69, 9.17) is 10.2 Å². The van der Waals surface area contributed by atoms with Crippen molar-refractivity contribution in [1.29, 1.82) is 0 Å². The standard InChI is InChI=1S/C12H13NO6S/c14-9-4-2-1-3-7(9)5-20-6-8(11(16)17)13-10(15)12(18)19/h1-4,8,14H,5-6H2,(H,13,15)(H,16,17)(H,18,19)/t8-/m0/s1. The lowest BCUT2D eigenvalue weighted by Crippen LogP contribution is -2.45. The van der Waals surface area contributed by atoms with Crippen molar-refractivity contribution in [2.45, 2.75) is 11.8 Å². The molecule has 1 rings (SSSR count). The van der Waals surface area contributed by atoms with Crippen LogP contribution in [0.25, 0.3) is 0 Å². The molecule has 0 bridgehead atoms. The number of hydrogen-bond donors (Lipinski definition) is 4. The third-order valence-corrected chi connectivity index (χ3v) is 3.42. The summed E-state index contributed by atoms with van der Waals surface area (Å²) in [5.41, 5.74) is 0.631. The minimum absolute atomic E-state index is 0.0112. The highest BCUT2D eigenvalue weighted by molar-refractivity contribution is 7.98. The van der Waals surface area contributed by atoms with E-state index in [-0.39, 0.29) is 11.5 Å². The molecule has 4 N–H and O–H groups in total. The molecule has 1 aromatic rings. The highest BCUT2D eigenvalue weighted by atomic mass is 32.2. The number of carbonyl (C=O) groups excluding carboxylic acids is 1. The van der Waals surface area contributed by atoms with Crippen molar-refractivity contribution in [2.75, 3.05) is 5.75 Å². The number of rotatable bonds is 6. The first-order chi connectivity index (χ1) is 9.41. The van der Waals surface area contributed by atoms with E-state index >= 15 is 0 Å². The first kappa shape index (κ1) is 15.8. The molecule has 0 heterocycles. The van der Waals surface area contributed by atoms with Crippen LogP contribution in [0.4, 0.5) is 0 Å². The largest absolute Gasteiger partial charge is 0.508 e. The van der Waals surface area contributed by atoms with Crippen molar-refractivity contribution in [3.05, 3.63) is 29.8 Å². The summed E-state index contributed by atoms with van der Waals surface area (Å²) in [6.07, 6.45) is 0. The Morgan fingerprint density at radius 1 is 1.20 bits per heavy atom. The van der Waals surface area contributed by atoms with Crippen LogP contribution in [0, 0.1) is 0 Å². The zero-order valence-electron chi connectivity index (χ0n) is 10.3. The van der Waals surface area contributed by atoms with Crippen molar-refractivity contribution in [1.82, 2.24) is 5.32 Å². The van der Waals surface area contributed by atoms with E-state index < -0.39 is 23.9 Å². The first-order valence-corrected chi connectivity index (χ1v) is 6.68. The molecule has 1 amide bonds. The van der Waals surface area contributed by atoms with Gasteiger partial charge in [0, 0.05) is 17.1 Å². The Hall–Kier alpha value is -2.22. The second kappa shape index (κ2) is 7.39. The van der Waals surface area contributed by atoms with E-state index in [0.29, 0.717) is 11.3 Å². The smallest absolute Gasteiger partial charge is 0.394 e. The van der Waals surface area contributed by atoms with Crippen LogP contribution in [0.2, 0.25) is 0 Å². The highest BCUT2D eigenvalue weighted by Gasteiger charge is 2.23. The zero-order valence-corrected chi connectivity index (χ0v) is 11.1. The van der Waals surface area contributed by atoms with Gasteiger partial charge in [-0.25, -0.2) is 9.59 Å². The third-order valence-electron chi connectivity index (χ3n) is 2.33. The molecule has 0 unspecified atom stereocenters. The van der Waals surface area contributed by atoms with Gasteiger partial charge in [-0.2, -0.15) is 11.8 Å². The van der Waals surface area contributed by atoms with Gasteiger partial charge in [0.25, 0.3) is 0 Å². The molecule has 108 valence electrons. The second-order valence-electron chi connectivity index (χ2n) is 3.81. The van der Waals surface area contributed by atoms with Gasteiger partial charge in [0.15, 0.2) is 0 Å². The Morgan fingerprint density at radius 2 is 1.85 bits per heavy atom. The van der Waals surface area contributed by atoms with Gasteiger partial charge in [-0.1, -0.05) is 18.2 Å². The number of para-hydroxylation sites is 1. The van der Waals surface area contributed by atoms with Gasteiger partial charge >= 0.3 is 17.8 Å². The summed E-state index contributed by atoms with van der Waals surface area (Å²) in [7, 11) is 0. The van der Waals surface area contributed by atoms with E-state index in [1.165, 1.54) is 6.07 Å². The average molecular weight is 299 g/mol. The third kappa shape index (κ3) is 4.81. The number of benzene rings is 1. The van der Waals surface area contributed by atoms with Crippen LogP contribution in [0.5, 0.6) is 5.75 Å². The van der Waals surface area contributed by atoms with Crippen LogP contribution in [0.1, 0.15) is 5.56 Å². The van der Waals surface area contributed by atoms with Crippen LogP contribution < -0.4 is 5.32 Å². The van der Waals surface area contributed by atoms with Crippen LogP contribution >= 0.6 is 11.8 Å². The van der Waals surface area contributed by atoms with Gasteiger partial charge in [0.2, 0.25) is 0 Å². The van der Waals surface area contributed by atoms with Crippen LogP contribution in [-0.4, -0.2) is 45.0 Å². The zero-order chi connectivity index (χ0) is 15.1. The molecule has 0 aromatic heterocycles. The lowest BCUT2D eigenvalue weighted by atomic mass is 10.2. The molecule has 0 aliphatic carbocycles. The summed E-state index contributed by atoms with van der Waals surface area (Å²) in [6.45, 7) is 0. The molecule has 0 radical (unpaired) electrons. The molecule has 7 nitrogen and oxygen atoms in total. The maximum absolute atomic E-state index is 10.9. The number of carboxylic acid groups (broad SMARTS) is 2. The van der Waals surface area contributed by atoms with Gasteiger partial charge in [-0.15, -0.1) is 0 Å². The molecule has 0 saturated carbocycles. The summed E-state index contributed by atoms with van der Waals surface area (Å²) in [6, 6.07) is 5.30. The van der Waals surface area contributed by atoms with Gasteiger partial charge < -0.3 is 20.6 Å². The van der Waals surface area contributed by atoms with Crippen molar-refractivity contribution in [2.24, 2.45) is 0 Å². The SMILES string of the molecule is O=C(O)C(=O)N[C@@H](CSCc1ccccc1O)C(=O)O. The molecule has 1 atom stereocenters. The monoisotopic (exact) mass is 299 g/mol. The number of aliphatic carboxylic acids is 2. The van der Waals surface area contributed by atoms with Gasteiger partial charge in [0.1, 0.15) is 11.8 Å². The molecular formula is C12H13NO6S. The summed E-state index contributed by atoms with van der Waals surface area (Å²) >= 11 is 1.16. The maximum atomic E-state index is 10.9. The van der Waals surface area contributed by atoms with Crippen molar-refractivity contribution >= 4 is 29.6 Å². The molecule has 0 aliphatic heterocycles. The van der Waals surface area contributed by atoms with E-state index in [1.54, 1.807) is 18.2 Å². The number of phenols is 1. The summed E-state index contributed by atoms with van der Waals surface area (Å²) in [4.78, 5) is 32.2. The van der Waals surface area contributed by atoms with Crippen LogP contribution in [-0.2, 0) is 20.1 Å². The van der Waals surface area contributed by atoms with E-state index in [2.05, 4.69) is 0 Å². The molecular weight excluding hydrogens is 286 g/mol. The minimum Gasteiger partial charge on any atom is -0.508 e. The molecule has 20 heavy (non-hydrogen) atoms. The number of aromatic hydroxyl groups is 1. The Kier molecular flexibility index (Phi) is 5.85. The van der Waals surface area contributed by atoms with Crippen molar-refractivity contribution in [3.63, 3.8) is 0 Å². The van der Waals surface area contributed by atoms with Crippen molar-refractivity contribution in [3.8, 4) is 5.75 Å². The Balaban J connectivity index is 2.52. The lowest BCUT2D eigenvalue weighted by Gasteiger charge is -2.12. The predicted molar refractivity (Wildman–Crippen MR) is 71.5 cm³/mol. The fraction of sp³-hybridized carbons (Fsp3) is 0.250. The Bertz CT molecular complexity index is 518. The number of amides is 1. The lowest BCUT2D eigenvalue weighted by molar-refractivity contribution is -0.151. The Labute approximate surface area is 118 Å². The number of carbonyl (C=O) groups is 3. The van der Waals surface area contributed by atoms with E-state index in [0.717, 1.165) is 11.8 Å². The van der Waals surface area contributed by atoms with Gasteiger partial charge in [0.05, 0.1) is 0 Å². The average Bonchev–Trinajstić information content (AvgIpc) is 2.39. The van der Waals surface area contributed by atoms with Crippen LogP contribution in [0.15, 0.2) is 24.3 Å². The predicted octanol–water partition coefficient (Wildman–Crippen LogP) is 0.279. The number of carboxylic acids is 2. The molecule has 0 fully saturated rings. The number of phenolic OH excluding ortho intramolecular Hbond substituents is 1. The number of nitrogens with one attached hydrogen (secondary N) is 1. The Morgan fingerprint density at radius 3 is 2.40 bits per heavy atom. The minimum atomic E-state index is -1.73. The fourth-order valence-corrected chi connectivity index (χ4v) is 2.36. The maximum Gasteiger partial charge on any atom is 0.394 e. The molecule has 0 spiro atoms. The highest BCUT2D eigenvalue weighted by Crippen LogP contribution is 2.21. The molecule has 0 saturated heterocycles. The van der Waals surface area contributed by atoms with E-state index in [1.807, 2.05) is 5.32 Å². The van der Waals surface area contributed by atoms with Gasteiger partial charge in [-0.3, -0.25) is 4.79 Å². The van der Waals surface area contributed by atoms with Crippen molar-refractivity contribution < 1.29 is 29.7 Å². The van der Waals surface area contributed by atoms with Gasteiger partial charge in [-0.05, 0) is 6.07 Å².